The largest absolute Gasteiger partial charge is 0.310 e. The molecular weight excluding hydrogens is 320 g/mol. The number of carbonyl (C=O) groups is 1. The fourth-order valence-corrected chi connectivity index (χ4v) is 3.92. The first kappa shape index (κ1) is 18.8. The lowest BCUT2D eigenvalue weighted by Gasteiger charge is -2.38. The highest BCUT2D eigenvalue weighted by molar-refractivity contribution is 5.83. The Kier molecular flexibility index (Phi) is 6.98. The van der Waals surface area contributed by atoms with Crippen molar-refractivity contribution < 1.29 is 4.79 Å². The molecule has 0 saturated carbocycles. The average Bonchev–Trinajstić information content (AvgIpc) is 2.70. The number of nitrogens with zero attached hydrogens (tertiary/aromatic N) is 1. The molecule has 0 bridgehead atoms. The second kappa shape index (κ2) is 9.65. The summed E-state index contributed by atoms with van der Waals surface area (Å²) in [7, 11) is 0. The third-order valence-corrected chi connectivity index (χ3v) is 5.23. The van der Waals surface area contributed by atoms with Gasteiger partial charge in [-0.2, -0.15) is 0 Å². The fourth-order valence-electron chi connectivity index (χ4n) is 3.92. The van der Waals surface area contributed by atoms with E-state index in [2.05, 4.69) is 77.8 Å². The van der Waals surface area contributed by atoms with Gasteiger partial charge in [-0.25, -0.2) is 0 Å². The zero-order valence-electron chi connectivity index (χ0n) is 15.7. The predicted octanol–water partition coefficient (Wildman–Crippen LogP) is 4.06. The first-order chi connectivity index (χ1) is 12.8. The van der Waals surface area contributed by atoms with Crippen molar-refractivity contribution in [3.05, 3.63) is 71.8 Å². The summed E-state index contributed by atoms with van der Waals surface area (Å²) in [6, 6.07) is 21.6. The van der Waals surface area contributed by atoms with E-state index in [-0.39, 0.29) is 12.0 Å². The molecule has 1 atom stereocenters. The Morgan fingerprint density at radius 1 is 1.08 bits per heavy atom. The van der Waals surface area contributed by atoms with E-state index in [0.717, 1.165) is 38.9 Å². The Morgan fingerprint density at radius 2 is 1.69 bits per heavy atom. The van der Waals surface area contributed by atoms with E-state index in [9.17, 15) is 4.79 Å². The summed E-state index contributed by atoms with van der Waals surface area (Å²) in [5.41, 5.74) is 2.60. The van der Waals surface area contributed by atoms with E-state index in [0.29, 0.717) is 12.3 Å². The number of rotatable bonds is 8. The number of carbonyl (C=O) groups excluding carboxylic acids is 1. The number of Topliss-reactive ketones (excluding diaryl/α,β-unsaturated/α-hetero) is 1. The summed E-state index contributed by atoms with van der Waals surface area (Å²) in [6.45, 7) is 5.44. The Bertz CT molecular complexity index is 632. The van der Waals surface area contributed by atoms with Crippen molar-refractivity contribution in [1.82, 2.24) is 10.2 Å². The van der Waals surface area contributed by atoms with Gasteiger partial charge in [-0.05, 0) is 43.5 Å². The van der Waals surface area contributed by atoms with Crippen LogP contribution in [0.1, 0.15) is 43.4 Å². The highest BCUT2D eigenvalue weighted by atomic mass is 16.1. The number of piperidine rings is 1. The van der Waals surface area contributed by atoms with Gasteiger partial charge in [0.05, 0.1) is 12.6 Å². The lowest BCUT2D eigenvalue weighted by Crippen LogP contribution is -2.43. The van der Waals surface area contributed by atoms with Crippen LogP contribution in [0.4, 0.5) is 0 Å². The van der Waals surface area contributed by atoms with Gasteiger partial charge in [-0.3, -0.25) is 9.69 Å². The van der Waals surface area contributed by atoms with Crippen molar-refractivity contribution >= 4 is 5.78 Å². The maximum Gasteiger partial charge on any atom is 0.150 e. The maximum absolute atomic E-state index is 12.6. The summed E-state index contributed by atoms with van der Waals surface area (Å²) in [5, 5.41) is 3.27. The minimum absolute atomic E-state index is 0.142. The molecule has 1 aliphatic heterocycles. The summed E-state index contributed by atoms with van der Waals surface area (Å²) in [4.78, 5) is 15.1. The zero-order chi connectivity index (χ0) is 18.2. The van der Waals surface area contributed by atoms with Crippen LogP contribution >= 0.6 is 0 Å². The normalized spacial score (nSPS) is 18.2. The van der Waals surface area contributed by atoms with E-state index in [1.165, 1.54) is 11.1 Å². The van der Waals surface area contributed by atoms with Gasteiger partial charge >= 0.3 is 0 Å². The van der Waals surface area contributed by atoms with E-state index >= 15 is 0 Å². The molecule has 3 nitrogen and oxygen atoms in total. The molecule has 1 saturated heterocycles. The number of hydrogen-bond donors (Lipinski definition) is 1. The summed E-state index contributed by atoms with van der Waals surface area (Å²) < 4.78 is 0. The van der Waals surface area contributed by atoms with Crippen LogP contribution in [0.2, 0.25) is 0 Å². The molecule has 0 aromatic heterocycles. The van der Waals surface area contributed by atoms with Crippen LogP contribution in [0.25, 0.3) is 0 Å². The number of benzene rings is 2. The van der Waals surface area contributed by atoms with E-state index in [1.54, 1.807) is 0 Å². The van der Waals surface area contributed by atoms with Crippen molar-refractivity contribution in [2.45, 2.75) is 32.2 Å². The topological polar surface area (TPSA) is 32.3 Å². The second-order valence-electron chi connectivity index (χ2n) is 7.20. The monoisotopic (exact) mass is 350 g/mol. The number of nitrogens with one attached hydrogen (secondary N) is 1. The number of likely N-dealkylation sites (tertiary alicyclic amines) is 1. The molecule has 26 heavy (non-hydrogen) atoms. The van der Waals surface area contributed by atoms with Crippen molar-refractivity contribution in [3.8, 4) is 0 Å². The second-order valence-corrected chi connectivity index (χ2v) is 7.20. The third-order valence-electron chi connectivity index (χ3n) is 5.23. The third kappa shape index (κ3) is 4.80. The summed E-state index contributed by atoms with van der Waals surface area (Å²) in [5.74, 6) is 0.506. The van der Waals surface area contributed by atoms with Gasteiger partial charge in [-0.1, -0.05) is 67.6 Å². The lowest BCUT2D eigenvalue weighted by atomic mass is 9.89. The maximum atomic E-state index is 12.6. The molecular formula is C23H30N2O. The Labute approximate surface area is 157 Å². The molecule has 1 aliphatic rings. The standard InChI is InChI=1S/C23H30N2O/c1-2-15-24-17-22(26)21-14-9-16-25(18-21)23(19-10-5-3-6-11-19)20-12-7-4-8-13-20/h3-8,10-13,21,23-24H,2,9,14-18H2,1H3. The molecule has 2 aromatic carbocycles. The Hall–Kier alpha value is -1.97. The molecule has 0 radical (unpaired) electrons. The first-order valence-corrected chi connectivity index (χ1v) is 9.87. The molecule has 0 aliphatic carbocycles. The summed E-state index contributed by atoms with van der Waals surface area (Å²) in [6.07, 6.45) is 3.16. The van der Waals surface area contributed by atoms with E-state index < -0.39 is 0 Å². The Morgan fingerprint density at radius 3 is 2.27 bits per heavy atom. The van der Waals surface area contributed by atoms with Gasteiger partial charge in [0.15, 0.2) is 5.78 Å². The van der Waals surface area contributed by atoms with Crippen LogP contribution in [0.3, 0.4) is 0 Å². The first-order valence-electron chi connectivity index (χ1n) is 9.87. The quantitative estimate of drug-likeness (QED) is 0.729. The van der Waals surface area contributed by atoms with Crippen LogP contribution in [-0.4, -0.2) is 36.9 Å². The van der Waals surface area contributed by atoms with Gasteiger partial charge in [0, 0.05) is 12.5 Å². The molecule has 138 valence electrons. The highest BCUT2D eigenvalue weighted by Crippen LogP contribution is 2.32. The van der Waals surface area contributed by atoms with Crippen LogP contribution in [0.15, 0.2) is 60.7 Å². The SMILES string of the molecule is CCCNCC(=O)C1CCCN(C(c2ccccc2)c2ccccc2)C1. The van der Waals surface area contributed by atoms with Crippen molar-refractivity contribution in [3.63, 3.8) is 0 Å². The molecule has 0 spiro atoms. The molecule has 1 N–H and O–H groups in total. The highest BCUT2D eigenvalue weighted by Gasteiger charge is 2.30. The van der Waals surface area contributed by atoms with Gasteiger partial charge < -0.3 is 5.32 Å². The molecule has 3 heteroatoms. The molecule has 1 unspecified atom stereocenters. The van der Waals surface area contributed by atoms with Gasteiger partial charge in [-0.15, -0.1) is 0 Å². The van der Waals surface area contributed by atoms with Gasteiger partial charge in [0.1, 0.15) is 0 Å². The van der Waals surface area contributed by atoms with Crippen molar-refractivity contribution in [2.75, 3.05) is 26.2 Å². The van der Waals surface area contributed by atoms with E-state index in [1.807, 2.05) is 0 Å². The average molecular weight is 351 g/mol. The van der Waals surface area contributed by atoms with Crippen LogP contribution < -0.4 is 5.32 Å². The Balaban J connectivity index is 1.77. The minimum Gasteiger partial charge on any atom is -0.310 e. The summed E-state index contributed by atoms with van der Waals surface area (Å²) >= 11 is 0. The molecule has 1 heterocycles. The van der Waals surface area contributed by atoms with Crippen molar-refractivity contribution in [2.24, 2.45) is 5.92 Å². The molecule has 3 rings (SSSR count). The molecule has 1 fully saturated rings. The smallest absolute Gasteiger partial charge is 0.150 e. The van der Waals surface area contributed by atoms with Crippen molar-refractivity contribution in [1.29, 1.82) is 0 Å². The van der Waals surface area contributed by atoms with Crippen LogP contribution in [-0.2, 0) is 4.79 Å². The fraction of sp³-hybridized carbons (Fsp3) is 0.435. The van der Waals surface area contributed by atoms with Crippen LogP contribution in [0, 0.1) is 5.92 Å². The zero-order valence-corrected chi connectivity index (χ0v) is 15.7. The van der Waals surface area contributed by atoms with Gasteiger partial charge in [0.2, 0.25) is 0 Å². The lowest BCUT2D eigenvalue weighted by molar-refractivity contribution is -0.123. The minimum atomic E-state index is 0.142. The predicted molar refractivity (Wildman–Crippen MR) is 107 cm³/mol. The van der Waals surface area contributed by atoms with E-state index in [4.69, 9.17) is 0 Å². The van der Waals surface area contributed by atoms with Gasteiger partial charge in [0.25, 0.3) is 0 Å². The number of hydrogen-bond acceptors (Lipinski definition) is 3. The molecule has 0 amide bonds. The molecule has 2 aromatic rings. The number of ketones is 1. The van der Waals surface area contributed by atoms with Crippen LogP contribution in [0.5, 0.6) is 0 Å².